The molecule has 0 spiro atoms. The number of nitrogens with one attached hydrogen (secondary N) is 1. The lowest BCUT2D eigenvalue weighted by Gasteiger charge is -2.22. The summed E-state index contributed by atoms with van der Waals surface area (Å²) in [4.78, 5) is 0. The summed E-state index contributed by atoms with van der Waals surface area (Å²) in [5, 5.41) is 5.22. The largest absolute Gasteiger partial charge is 0.310 e. The standard InChI is InChI=1S/C18H21Cl2N/c1-3-11-21-18(12-14-7-9-15(19)10-8-14)16-5-4-6-17(20)13(16)2/h4-10,18,21H,3,11-12H2,1-2H3. The first-order valence-corrected chi connectivity index (χ1v) is 8.10. The van der Waals surface area contributed by atoms with Crippen molar-refractivity contribution in [2.75, 3.05) is 6.54 Å². The zero-order chi connectivity index (χ0) is 15.2. The van der Waals surface area contributed by atoms with Gasteiger partial charge in [0.1, 0.15) is 0 Å². The third-order valence-electron chi connectivity index (χ3n) is 3.68. The molecule has 0 heterocycles. The van der Waals surface area contributed by atoms with Crippen LogP contribution in [-0.2, 0) is 6.42 Å². The first kappa shape index (κ1) is 16.4. The molecule has 0 bridgehead atoms. The van der Waals surface area contributed by atoms with Gasteiger partial charge in [0.15, 0.2) is 0 Å². The summed E-state index contributed by atoms with van der Waals surface area (Å²) in [7, 11) is 0. The molecule has 0 aliphatic heterocycles. The van der Waals surface area contributed by atoms with Crippen molar-refractivity contribution in [1.82, 2.24) is 5.32 Å². The van der Waals surface area contributed by atoms with Crippen molar-refractivity contribution in [2.45, 2.75) is 32.7 Å². The highest BCUT2D eigenvalue weighted by atomic mass is 35.5. The van der Waals surface area contributed by atoms with E-state index in [1.54, 1.807) is 0 Å². The maximum atomic E-state index is 6.27. The zero-order valence-electron chi connectivity index (χ0n) is 12.5. The van der Waals surface area contributed by atoms with Crippen LogP contribution in [0.2, 0.25) is 10.0 Å². The minimum absolute atomic E-state index is 0.268. The van der Waals surface area contributed by atoms with Gasteiger partial charge >= 0.3 is 0 Å². The normalized spacial score (nSPS) is 12.4. The van der Waals surface area contributed by atoms with E-state index in [1.807, 2.05) is 24.3 Å². The molecule has 3 heteroatoms. The molecule has 1 unspecified atom stereocenters. The number of halogens is 2. The molecule has 0 aliphatic carbocycles. The summed E-state index contributed by atoms with van der Waals surface area (Å²) in [6.45, 7) is 5.25. The van der Waals surface area contributed by atoms with Crippen LogP contribution in [0.1, 0.15) is 36.1 Å². The second kappa shape index (κ2) is 7.84. The summed E-state index contributed by atoms with van der Waals surface area (Å²) >= 11 is 12.2. The van der Waals surface area contributed by atoms with E-state index in [1.165, 1.54) is 11.1 Å². The van der Waals surface area contributed by atoms with Crippen LogP contribution in [0.4, 0.5) is 0 Å². The molecular formula is C18H21Cl2N. The van der Waals surface area contributed by atoms with E-state index in [0.29, 0.717) is 0 Å². The first-order valence-electron chi connectivity index (χ1n) is 7.34. The maximum absolute atomic E-state index is 6.27. The summed E-state index contributed by atoms with van der Waals surface area (Å²) in [5.41, 5.74) is 3.69. The van der Waals surface area contributed by atoms with Gasteiger partial charge in [-0.15, -0.1) is 0 Å². The maximum Gasteiger partial charge on any atom is 0.0438 e. The molecule has 2 aromatic carbocycles. The van der Waals surface area contributed by atoms with Gasteiger partial charge in [-0.2, -0.15) is 0 Å². The Labute approximate surface area is 137 Å². The van der Waals surface area contributed by atoms with Crippen LogP contribution in [-0.4, -0.2) is 6.54 Å². The molecule has 112 valence electrons. The van der Waals surface area contributed by atoms with Gasteiger partial charge in [-0.1, -0.05) is 54.4 Å². The van der Waals surface area contributed by atoms with E-state index in [2.05, 4.69) is 37.4 Å². The van der Waals surface area contributed by atoms with E-state index < -0.39 is 0 Å². The molecule has 1 atom stereocenters. The molecule has 1 nitrogen and oxygen atoms in total. The van der Waals surface area contributed by atoms with Gasteiger partial charge in [-0.05, 0) is 61.2 Å². The first-order chi connectivity index (χ1) is 10.1. The van der Waals surface area contributed by atoms with Crippen molar-refractivity contribution in [3.8, 4) is 0 Å². The van der Waals surface area contributed by atoms with Crippen molar-refractivity contribution in [3.05, 3.63) is 69.2 Å². The van der Waals surface area contributed by atoms with Gasteiger partial charge in [0.05, 0.1) is 0 Å². The topological polar surface area (TPSA) is 12.0 Å². The third kappa shape index (κ3) is 4.47. The van der Waals surface area contributed by atoms with Crippen molar-refractivity contribution in [1.29, 1.82) is 0 Å². The van der Waals surface area contributed by atoms with Gasteiger partial charge in [0, 0.05) is 16.1 Å². The highest BCUT2D eigenvalue weighted by Crippen LogP contribution is 2.27. The smallest absolute Gasteiger partial charge is 0.0438 e. The summed E-state index contributed by atoms with van der Waals surface area (Å²) in [6, 6.07) is 14.4. The predicted molar refractivity (Wildman–Crippen MR) is 92.4 cm³/mol. The lowest BCUT2D eigenvalue weighted by Crippen LogP contribution is -2.24. The van der Waals surface area contributed by atoms with Gasteiger partial charge < -0.3 is 5.32 Å². The van der Waals surface area contributed by atoms with Crippen LogP contribution in [0, 0.1) is 6.92 Å². The van der Waals surface area contributed by atoms with E-state index in [0.717, 1.165) is 35.0 Å². The van der Waals surface area contributed by atoms with Crippen molar-refractivity contribution in [2.24, 2.45) is 0 Å². The second-order valence-electron chi connectivity index (χ2n) is 5.29. The van der Waals surface area contributed by atoms with E-state index in [-0.39, 0.29) is 6.04 Å². The molecule has 0 saturated carbocycles. The fraction of sp³-hybridized carbons (Fsp3) is 0.333. The Kier molecular flexibility index (Phi) is 6.10. The Morgan fingerprint density at radius 2 is 1.76 bits per heavy atom. The molecule has 0 aliphatic rings. The number of hydrogen-bond acceptors (Lipinski definition) is 1. The molecule has 21 heavy (non-hydrogen) atoms. The predicted octanol–water partition coefficient (Wildman–Crippen LogP) is 5.59. The molecule has 2 rings (SSSR count). The van der Waals surface area contributed by atoms with Crippen LogP contribution < -0.4 is 5.32 Å². The van der Waals surface area contributed by atoms with Gasteiger partial charge in [-0.25, -0.2) is 0 Å². The fourth-order valence-electron chi connectivity index (χ4n) is 2.47. The highest BCUT2D eigenvalue weighted by molar-refractivity contribution is 6.31. The molecule has 0 amide bonds. The minimum Gasteiger partial charge on any atom is -0.310 e. The fourth-order valence-corrected chi connectivity index (χ4v) is 2.78. The average molecular weight is 322 g/mol. The van der Waals surface area contributed by atoms with Crippen molar-refractivity contribution in [3.63, 3.8) is 0 Å². The Balaban J connectivity index is 2.25. The highest BCUT2D eigenvalue weighted by Gasteiger charge is 2.15. The lowest BCUT2D eigenvalue weighted by molar-refractivity contribution is 0.527. The SMILES string of the molecule is CCCNC(Cc1ccc(Cl)cc1)c1cccc(Cl)c1C. The minimum atomic E-state index is 0.268. The summed E-state index contributed by atoms with van der Waals surface area (Å²) in [6.07, 6.45) is 2.04. The lowest BCUT2D eigenvalue weighted by atomic mass is 9.95. The molecule has 0 radical (unpaired) electrons. The summed E-state index contributed by atoms with van der Waals surface area (Å²) in [5.74, 6) is 0. The molecule has 0 saturated heterocycles. The molecule has 2 aromatic rings. The molecule has 0 aromatic heterocycles. The van der Waals surface area contributed by atoms with E-state index in [4.69, 9.17) is 23.2 Å². The van der Waals surface area contributed by atoms with Crippen molar-refractivity contribution < 1.29 is 0 Å². The van der Waals surface area contributed by atoms with E-state index in [9.17, 15) is 0 Å². The quantitative estimate of drug-likeness (QED) is 0.731. The molecule has 0 fully saturated rings. The van der Waals surface area contributed by atoms with Gasteiger partial charge in [-0.3, -0.25) is 0 Å². The average Bonchev–Trinajstić information content (AvgIpc) is 2.48. The third-order valence-corrected chi connectivity index (χ3v) is 4.34. The number of rotatable bonds is 6. The monoisotopic (exact) mass is 321 g/mol. The Hall–Kier alpha value is -1.02. The zero-order valence-corrected chi connectivity index (χ0v) is 14.0. The number of hydrogen-bond donors (Lipinski definition) is 1. The van der Waals surface area contributed by atoms with Crippen LogP contribution in [0.3, 0.4) is 0 Å². The van der Waals surface area contributed by atoms with Crippen LogP contribution >= 0.6 is 23.2 Å². The van der Waals surface area contributed by atoms with Crippen LogP contribution in [0.15, 0.2) is 42.5 Å². The van der Waals surface area contributed by atoms with Gasteiger partial charge in [0.2, 0.25) is 0 Å². The van der Waals surface area contributed by atoms with E-state index >= 15 is 0 Å². The Bertz CT molecular complexity index is 578. The number of benzene rings is 2. The second-order valence-corrected chi connectivity index (χ2v) is 6.13. The van der Waals surface area contributed by atoms with Crippen LogP contribution in [0.25, 0.3) is 0 Å². The Morgan fingerprint density at radius 3 is 2.43 bits per heavy atom. The van der Waals surface area contributed by atoms with Crippen molar-refractivity contribution >= 4 is 23.2 Å². The molecule has 1 N–H and O–H groups in total. The van der Waals surface area contributed by atoms with Crippen LogP contribution in [0.5, 0.6) is 0 Å². The molecular weight excluding hydrogens is 301 g/mol. The Morgan fingerprint density at radius 1 is 1.05 bits per heavy atom. The van der Waals surface area contributed by atoms with Gasteiger partial charge in [0.25, 0.3) is 0 Å². The summed E-state index contributed by atoms with van der Waals surface area (Å²) < 4.78 is 0.